The molecule has 0 radical (unpaired) electrons. The summed E-state index contributed by atoms with van der Waals surface area (Å²) in [5.41, 5.74) is -0.995. The van der Waals surface area contributed by atoms with Gasteiger partial charge in [0.1, 0.15) is 17.0 Å². The van der Waals surface area contributed by atoms with Crippen LogP contribution in [0.4, 0.5) is 10.1 Å². The number of anilines is 1. The second-order valence-electron chi connectivity index (χ2n) is 5.67. The summed E-state index contributed by atoms with van der Waals surface area (Å²) < 4.78 is 25.1. The highest BCUT2D eigenvalue weighted by Crippen LogP contribution is 2.35. The zero-order chi connectivity index (χ0) is 18.1. The lowest BCUT2D eigenvalue weighted by atomic mass is 10.1. The van der Waals surface area contributed by atoms with Crippen molar-refractivity contribution in [3.05, 3.63) is 27.4 Å². The van der Waals surface area contributed by atoms with Gasteiger partial charge in [-0.2, -0.15) is 0 Å². The minimum Gasteiger partial charge on any atom is -0.354 e. The fraction of sp³-hybridized carbons (Fsp3) is 0.467. The van der Waals surface area contributed by atoms with Crippen molar-refractivity contribution in [2.75, 3.05) is 25.7 Å². The van der Waals surface area contributed by atoms with Crippen LogP contribution in [0.2, 0.25) is 5.02 Å². The van der Waals surface area contributed by atoms with Gasteiger partial charge in [-0.25, -0.2) is 14.3 Å². The summed E-state index contributed by atoms with van der Waals surface area (Å²) in [5, 5.41) is 3.07. The van der Waals surface area contributed by atoms with Gasteiger partial charge in [0.05, 0.1) is 11.6 Å². The third-order valence-corrected chi connectivity index (χ3v) is 4.24. The monoisotopic (exact) mass is 421 g/mol. The highest BCUT2D eigenvalue weighted by atomic mass is 79.9. The standard InChI is InChI=1S/C15H18BrClFN3O3/c1-15(2)13(22)21(12-9(17)5-8(16)6-10(12)18)14(20-15)19-7-11(23-3)24-4/h5-6,11H,7H2,1-4H3,(H,19,20). The number of halogens is 3. The number of carbonyl (C=O) groups excluding carboxylic acids is 1. The average molecular weight is 423 g/mol. The summed E-state index contributed by atoms with van der Waals surface area (Å²) in [6.45, 7) is 3.49. The Kier molecular flexibility index (Phi) is 5.85. The van der Waals surface area contributed by atoms with Crippen LogP contribution in [0.3, 0.4) is 0 Å². The fourth-order valence-electron chi connectivity index (χ4n) is 2.24. The number of amides is 1. The number of ether oxygens (including phenoxy) is 2. The topological polar surface area (TPSA) is 63.2 Å². The first kappa shape index (κ1) is 19.1. The van der Waals surface area contributed by atoms with E-state index >= 15 is 0 Å². The van der Waals surface area contributed by atoms with Crippen LogP contribution in [0.5, 0.6) is 0 Å². The van der Waals surface area contributed by atoms with Gasteiger partial charge in [-0.15, -0.1) is 0 Å². The Morgan fingerprint density at radius 1 is 1.42 bits per heavy atom. The highest BCUT2D eigenvalue weighted by molar-refractivity contribution is 9.10. The third kappa shape index (κ3) is 3.72. The van der Waals surface area contributed by atoms with Crippen LogP contribution in [0.25, 0.3) is 0 Å². The summed E-state index contributed by atoms with van der Waals surface area (Å²) in [6, 6.07) is 2.76. The molecule has 2 rings (SSSR count). The van der Waals surface area contributed by atoms with Gasteiger partial charge in [-0.1, -0.05) is 27.5 Å². The first-order valence-electron chi connectivity index (χ1n) is 7.08. The molecule has 132 valence electrons. The van der Waals surface area contributed by atoms with Crippen LogP contribution in [-0.4, -0.2) is 44.5 Å². The van der Waals surface area contributed by atoms with E-state index in [0.717, 1.165) is 4.90 Å². The summed E-state index contributed by atoms with van der Waals surface area (Å²) in [4.78, 5) is 18.1. The number of hydrogen-bond acceptors (Lipinski definition) is 4. The molecule has 0 atom stereocenters. The van der Waals surface area contributed by atoms with E-state index < -0.39 is 17.6 Å². The smallest absolute Gasteiger partial charge is 0.259 e. The summed E-state index contributed by atoms with van der Waals surface area (Å²) in [6.07, 6.45) is -0.579. The molecule has 9 heteroatoms. The van der Waals surface area contributed by atoms with Gasteiger partial charge in [-0.05, 0) is 26.0 Å². The maximum absolute atomic E-state index is 14.5. The number of benzene rings is 1. The van der Waals surface area contributed by atoms with Crippen LogP contribution >= 0.6 is 27.5 Å². The molecular weight excluding hydrogens is 405 g/mol. The molecule has 1 fully saturated rings. The largest absolute Gasteiger partial charge is 0.354 e. The number of methoxy groups -OCH3 is 2. The van der Waals surface area contributed by atoms with Gasteiger partial charge in [0.2, 0.25) is 5.96 Å². The van der Waals surface area contributed by atoms with E-state index in [1.807, 2.05) is 0 Å². The highest BCUT2D eigenvalue weighted by Gasteiger charge is 2.45. The van der Waals surface area contributed by atoms with E-state index in [1.165, 1.54) is 26.4 Å². The number of hydrogen-bond donors (Lipinski definition) is 1. The third-order valence-electron chi connectivity index (χ3n) is 3.50. The van der Waals surface area contributed by atoms with Crippen molar-refractivity contribution in [1.29, 1.82) is 0 Å². The molecule has 0 saturated carbocycles. The maximum Gasteiger partial charge on any atom is 0.259 e. The average Bonchev–Trinajstić information content (AvgIpc) is 2.71. The number of nitrogens with one attached hydrogen (secondary N) is 1. The molecule has 1 aromatic carbocycles. The molecular formula is C15H18BrClFN3O3. The van der Waals surface area contributed by atoms with Crippen LogP contribution in [-0.2, 0) is 14.3 Å². The van der Waals surface area contributed by atoms with Gasteiger partial charge < -0.3 is 14.8 Å². The van der Waals surface area contributed by atoms with E-state index in [-0.39, 0.29) is 29.1 Å². The summed E-state index contributed by atoms with van der Waals surface area (Å²) >= 11 is 9.33. The summed E-state index contributed by atoms with van der Waals surface area (Å²) in [5.74, 6) is -0.812. The lowest BCUT2D eigenvalue weighted by molar-refractivity contribution is -0.121. The quantitative estimate of drug-likeness (QED) is 0.741. The van der Waals surface area contributed by atoms with Gasteiger partial charge in [0, 0.05) is 18.7 Å². The molecule has 1 heterocycles. The zero-order valence-electron chi connectivity index (χ0n) is 13.7. The van der Waals surface area contributed by atoms with E-state index in [2.05, 4.69) is 26.2 Å². The van der Waals surface area contributed by atoms with Crippen molar-refractivity contribution in [2.45, 2.75) is 25.7 Å². The Labute approximate surface area is 153 Å². The fourth-order valence-corrected chi connectivity index (χ4v) is 3.09. The number of guanidine groups is 1. The number of nitrogens with zero attached hydrogens (tertiary/aromatic N) is 2. The predicted octanol–water partition coefficient (Wildman–Crippen LogP) is 2.93. The van der Waals surface area contributed by atoms with Crippen molar-refractivity contribution in [1.82, 2.24) is 5.32 Å². The minimum atomic E-state index is -0.947. The lowest BCUT2D eigenvalue weighted by Crippen LogP contribution is -2.40. The second-order valence-corrected chi connectivity index (χ2v) is 7.00. The molecule has 0 aromatic heterocycles. The van der Waals surface area contributed by atoms with Crippen molar-refractivity contribution in [3.63, 3.8) is 0 Å². The molecule has 0 aliphatic carbocycles. The molecule has 24 heavy (non-hydrogen) atoms. The molecule has 0 unspecified atom stereocenters. The molecule has 1 aliphatic rings. The number of rotatable bonds is 5. The van der Waals surface area contributed by atoms with Gasteiger partial charge in [0.25, 0.3) is 5.91 Å². The van der Waals surface area contributed by atoms with Crippen molar-refractivity contribution >= 4 is 45.1 Å². The number of aliphatic imine (C=N–C) groups is 1. The second kappa shape index (κ2) is 7.35. The van der Waals surface area contributed by atoms with E-state index in [9.17, 15) is 9.18 Å². The molecule has 0 spiro atoms. The predicted molar refractivity (Wildman–Crippen MR) is 93.9 cm³/mol. The van der Waals surface area contributed by atoms with Crippen LogP contribution in [0.15, 0.2) is 21.6 Å². The minimum absolute atomic E-state index is 0.0481. The molecule has 6 nitrogen and oxygen atoms in total. The molecule has 1 amide bonds. The van der Waals surface area contributed by atoms with Crippen molar-refractivity contribution in [2.24, 2.45) is 4.99 Å². The van der Waals surface area contributed by atoms with Crippen LogP contribution in [0.1, 0.15) is 13.8 Å². The molecule has 1 N–H and O–H groups in total. The van der Waals surface area contributed by atoms with Crippen LogP contribution < -0.4 is 10.2 Å². The van der Waals surface area contributed by atoms with Crippen molar-refractivity contribution < 1.29 is 18.7 Å². The van der Waals surface area contributed by atoms with Gasteiger partial charge >= 0.3 is 0 Å². The van der Waals surface area contributed by atoms with E-state index in [0.29, 0.717) is 4.47 Å². The molecule has 0 bridgehead atoms. The van der Waals surface area contributed by atoms with Gasteiger partial charge in [0.15, 0.2) is 6.29 Å². The maximum atomic E-state index is 14.5. The zero-order valence-corrected chi connectivity index (χ0v) is 16.0. The Bertz CT molecular complexity index is 657. The normalized spacial score (nSPS) is 18.6. The number of carbonyl (C=O) groups is 1. The van der Waals surface area contributed by atoms with E-state index in [4.69, 9.17) is 21.1 Å². The summed E-state index contributed by atoms with van der Waals surface area (Å²) in [7, 11) is 2.96. The SMILES string of the molecule is COC(C/N=C1\NC(C)(C)C(=O)N1c1c(F)cc(Br)cc1Cl)OC. The lowest BCUT2D eigenvalue weighted by Gasteiger charge is -2.19. The first-order valence-corrected chi connectivity index (χ1v) is 8.25. The Hall–Kier alpha value is -1.22. The molecule has 1 aliphatic heterocycles. The van der Waals surface area contributed by atoms with Crippen LogP contribution in [0, 0.1) is 5.82 Å². The molecule has 1 saturated heterocycles. The van der Waals surface area contributed by atoms with Gasteiger partial charge in [-0.3, -0.25) is 4.79 Å². The first-order chi connectivity index (χ1) is 11.2. The Balaban J connectivity index is 2.48. The Morgan fingerprint density at radius 2 is 2.04 bits per heavy atom. The van der Waals surface area contributed by atoms with Crippen molar-refractivity contribution in [3.8, 4) is 0 Å². The Morgan fingerprint density at radius 3 is 2.58 bits per heavy atom. The van der Waals surface area contributed by atoms with E-state index in [1.54, 1.807) is 13.8 Å². The molecule has 1 aromatic rings.